The molecule has 0 aromatic carbocycles. The van der Waals surface area contributed by atoms with E-state index in [0.29, 0.717) is 31.7 Å². The molecule has 92 valence electrons. The van der Waals surface area contributed by atoms with E-state index in [9.17, 15) is 0 Å². The second-order valence-corrected chi connectivity index (χ2v) is 4.88. The first-order chi connectivity index (χ1) is 8.28. The van der Waals surface area contributed by atoms with Crippen LogP contribution < -0.4 is 5.32 Å². The van der Waals surface area contributed by atoms with Crippen LogP contribution in [0, 0.1) is 6.92 Å². The lowest BCUT2D eigenvalue weighted by Gasteiger charge is -1.97. The van der Waals surface area contributed by atoms with Crippen LogP contribution in [0.25, 0.3) is 0 Å². The first-order valence-corrected chi connectivity index (χ1v) is 6.29. The summed E-state index contributed by atoms with van der Waals surface area (Å²) in [6, 6.07) is 4.62. The molecule has 17 heavy (non-hydrogen) atoms. The number of aryl methyl sites for hydroxylation is 1. The SMILES string of the molecule is CCOCc1nnc(NCc2ccc(C)s2)o1. The third-order valence-corrected chi connectivity index (χ3v) is 3.11. The third-order valence-electron chi connectivity index (χ3n) is 2.11. The molecule has 0 bridgehead atoms. The van der Waals surface area contributed by atoms with Gasteiger partial charge in [0.25, 0.3) is 0 Å². The van der Waals surface area contributed by atoms with Crippen molar-refractivity contribution in [2.24, 2.45) is 0 Å². The van der Waals surface area contributed by atoms with Crippen LogP contribution >= 0.6 is 11.3 Å². The van der Waals surface area contributed by atoms with Gasteiger partial charge in [0.05, 0.1) is 6.54 Å². The molecule has 0 aliphatic carbocycles. The van der Waals surface area contributed by atoms with E-state index >= 15 is 0 Å². The summed E-state index contributed by atoms with van der Waals surface area (Å²) in [5, 5.41) is 10.8. The van der Waals surface area contributed by atoms with Gasteiger partial charge in [-0.15, -0.1) is 16.4 Å². The number of ether oxygens (including phenoxy) is 1. The molecule has 0 saturated carbocycles. The summed E-state index contributed by atoms with van der Waals surface area (Å²) in [7, 11) is 0. The smallest absolute Gasteiger partial charge is 0.315 e. The van der Waals surface area contributed by atoms with Gasteiger partial charge in [-0.3, -0.25) is 0 Å². The highest BCUT2D eigenvalue weighted by Crippen LogP contribution is 2.16. The molecule has 0 atom stereocenters. The quantitative estimate of drug-likeness (QED) is 0.857. The summed E-state index contributed by atoms with van der Waals surface area (Å²) in [6.45, 7) is 5.72. The van der Waals surface area contributed by atoms with Crippen LogP contribution in [0.4, 0.5) is 6.01 Å². The molecule has 2 heterocycles. The van der Waals surface area contributed by atoms with Crippen LogP contribution in [0.1, 0.15) is 22.6 Å². The van der Waals surface area contributed by atoms with E-state index in [1.54, 1.807) is 11.3 Å². The van der Waals surface area contributed by atoms with Crippen molar-refractivity contribution in [2.75, 3.05) is 11.9 Å². The van der Waals surface area contributed by atoms with Gasteiger partial charge in [-0.05, 0) is 26.0 Å². The molecule has 5 nitrogen and oxygen atoms in total. The lowest BCUT2D eigenvalue weighted by atomic mass is 10.4. The zero-order valence-corrected chi connectivity index (χ0v) is 10.7. The molecule has 0 aliphatic heterocycles. The van der Waals surface area contributed by atoms with Crippen molar-refractivity contribution in [2.45, 2.75) is 27.0 Å². The van der Waals surface area contributed by atoms with Gasteiger partial charge in [-0.25, -0.2) is 0 Å². The van der Waals surface area contributed by atoms with E-state index in [-0.39, 0.29) is 0 Å². The Morgan fingerprint density at radius 3 is 3.00 bits per heavy atom. The minimum atomic E-state index is 0.364. The maximum absolute atomic E-state index is 5.36. The van der Waals surface area contributed by atoms with Crippen LogP contribution in [0.15, 0.2) is 16.5 Å². The summed E-state index contributed by atoms with van der Waals surface area (Å²) in [5.41, 5.74) is 0. The van der Waals surface area contributed by atoms with Gasteiger partial charge in [0.1, 0.15) is 6.61 Å². The minimum Gasteiger partial charge on any atom is -0.406 e. The molecule has 2 rings (SSSR count). The van der Waals surface area contributed by atoms with Crippen molar-refractivity contribution >= 4 is 17.4 Å². The Kier molecular flexibility index (Phi) is 4.11. The lowest BCUT2D eigenvalue weighted by molar-refractivity contribution is 0.115. The Morgan fingerprint density at radius 2 is 2.29 bits per heavy atom. The average molecular weight is 253 g/mol. The predicted octanol–water partition coefficient (Wildman–Crippen LogP) is 2.59. The van der Waals surface area contributed by atoms with Crippen molar-refractivity contribution in [3.8, 4) is 0 Å². The third kappa shape index (κ3) is 3.54. The minimum absolute atomic E-state index is 0.364. The normalized spacial score (nSPS) is 10.7. The predicted molar refractivity (Wildman–Crippen MR) is 66.0 cm³/mol. The monoisotopic (exact) mass is 253 g/mol. The van der Waals surface area contributed by atoms with Gasteiger partial charge in [-0.2, -0.15) is 0 Å². The van der Waals surface area contributed by atoms with Crippen molar-refractivity contribution in [3.05, 3.63) is 27.8 Å². The highest BCUT2D eigenvalue weighted by atomic mass is 32.1. The van der Waals surface area contributed by atoms with E-state index in [4.69, 9.17) is 9.15 Å². The molecule has 2 aromatic rings. The molecular weight excluding hydrogens is 238 g/mol. The molecule has 0 unspecified atom stereocenters. The molecule has 0 radical (unpaired) electrons. The molecule has 0 aliphatic rings. The number of nitrogens with zero attached hydrogens (tertiary/aromatic N) is 2. The fraction of sp³-hybridized carbons (Fsp3) is 0.455. The van der Waals surface area contributed by atoms with Gasteiger partial charge in [0.2, 0.25) is 5.89 Å². The first kappa shape index (κ1) is 12.1. The summed E-state index contributed by atoms with van der Waals surface area (Å²) >= 11 is 1.75. The number of aromatic nitrogens is 2. The number of hydrogen-bond donors (Lipinski definition) is 1. The van der Waals surface area contributed by atoms with Crippen LogP contribution in [0.3, 0.4) is 0 Å². The zero-order chi connectivity index (χ0) is 12.1. The Hall–Kier alpha value is -1.40. The Morgan fingerprint density at radius 1 is 1.41 bits per heavy atom. The van der Waals surface area contributed by atoms with Crippen LogP contribution in [0.2, 0.25) is 0 Å². The van der Waals surface area contributed by atoms with E-state index in [2.05, 4.69) is 34.6 Å². The van der Waals surface area contributed by atoms with Crippen LogP contribution in [-0.4, -0.2) is 16.8 Å². The number of nitrogens with one attached hydrogen (secondary N) is 1. The van der Waals surface area contributed by atoms with Gasteiger partial charge in [0.15, 0.2) is 0 Å². The van der Waals surface area contributed by atoms with Crippen molar-refractivity contribution in [1.82, 2.24) is 10.2 Å². The van der Waals surface area contributed by atoms with Crippen molar-refractivity contribution in [3.63, 3.8) is 0 Å². The second kappa shape index (κ2) is 5.79. The lowest BCUT2D eigenvalue weighted by Crippen LogP contribution is -1.97. The maximum Gasteiger partial charge on any atom is 0.315 e. The van der Waals surface area contributed by atoms with E-state index < -0.39 is 0 Å². The molecular formula is C11H15N3O2S. The summed E-state index contributed by atoms with van der Waals surface area (Å²) in [6.07, 6.45) is 0. The van der Waals surface area contributed by atoms with E-state index in [0.717, 1.165) is 0 Å². The Balaban J connectivity index is 1.84. The Labute approximate surface area is 104 Å². The molecule has 2 aromatic heterocycles. The topological polar surface area (TPSA) is 60.2 Å². The summed E-state index contributed by atoms with van der Waals surface area (Å²) in [5.74, 6) is 0.497. The number of thiophene rings is 1. The molecule has 0 amide bonds. The van der Waals surface area contributed by atoms with Gasteiger partial charge in [0, 0.05) is 16.4 Å². The highest BCUT2D eigenvalue weighted by Gasteiger charge is 2.05. The van der Waals surface area contributed by atoms with Crippen LogP contribution in [-0.2, 0) is 17.9 Å². The van der Waals surface area contributed by atoms with Gasteiger partial charge < -0.3 is 14.5 Å². The fourth-order valence-electron chi connectivity index (χ4n) is 1.32. The Bertz CT molecular complexity index is 467. The van der Waals surface area contributed by atoms with Gasteiger partial charge in [-0.1, -0.05) is 5.10 Å². The van der Waals surface area contributed by atoms with Crippen molar-refractivity contribution in [1.29, 1.82) is 0 Å². The summed E-state index contributed by atoms with van der Waals surface area (Å²) < 4.78 is 10.5. The molecule has 1 N–H and O–H groups in total. The standard InChI is InChI=1S/C11H15N3O2S/c1-3-15-7-10-13-14-11(16-10)12-6-9-5-4-8(2)17-9/h4-5H,3,6-7H2,1-2H3,(H,12,14). The zero-order valence-electron chi connectivity index (χ0n) is 9.90. The molecule has 0 fully saturated rings. The number of rotatable bonds is 6. The fourth-order valence-corrected chi connectivity index (χ4v) is 2.15. The molecule has 0 spiro atoms. The van der Waals surface area contributed by atoms with Gasteiger partial charge >= 0.3 is 6.01 Å². The average Bonchev–Trinajstić information content (AvgIpc) is 2.93. The summed E-state index contributed by atoms with van der Waals surface area (Å²) in [4.78, 5) is 2.54. The molecule has 6 heteroatoms. The first-order valence-electron chi connectivity index (χ1n) is 5.47. The maximum atomic E-state index is 5.36. The molecule has 0 saturated heterocycles. The number of anilines is 1. The van der Waals surface area contributed by atoms with Crippen LogP contribution in [0.5, 0.6) is 0 Å². The highest BCUT2D eigenvalue weighted by molar-refractivity contribution is 7.11. The number of hydrogen-bond acceptors (Lipinski definition) is 6. The van der Waals surface area contributed by atoms with E-state index in [1.165, 1.54) is 9.75 Å². The second-order valence-electron chi connectivity index (χ2n) is 3.50. The van der Waals surface area contributed by atoms with Crippen molar-refractivity contribution < 1.29 is 9.15 Å². The van der Waals surface area contributed by atoms with E-state index in [1.807, 2.05) is 6.92 Å². The largest absolute Gasteiger partial charge is 0.406 e.